The van der Waals surface area contributed by atoms with E-state index in [4.69, 9.17) is 0 Å². The smallest absolute Gasteiger partial charge is 0.290 e. The normalized spacial score (nSPS) is 24.1. The number of likely N-dealkylation sites (tertiary alicyclic amines) is 1. The summed E-state index contributed by atoms with van der Waals surface area (Å²) in [7, 11) is 0. The van der Waals surface area contributed by atoms with Gasteiger partial charge in [0.2, 0.25) is 0 Å². The molecule has 4 rings (SSSR count). The molecule has 0 spiro atoms. The third-order valence-corrected chi connectivity index (χ3v) is 5.64. The third-order valence-electron chi connectivity index (χ3n) is 5.64. The Kier molecular flexibility index (Phi) is 5.84. The van der Waals surface area contributed by atoms with E-state index in [1.165, 1.54) is 24.9 Å². The standard InChI is InChI=1S/C21H29N5O/c27-21-20(22-10-11-23-21)26-13-5-9-19(16-26)24-18-8-4-12-25(15-18)14-17-6-2-1-3-7-17/h1-3,6-7,10-11,18-19,24H,4-5,8-9,12-16H2,(H,23,27). The van der Waals surface area contributed by atoms with Crippen molar-refractivity contribution >= 4 is 5.82 Å². The first-order chi connectivity index (χ1) is 13.3. The zero-order valence-corrected chi connectivity index (χ0v) is 15.8. The van der Waals surface area contributed by atoms with Crippen molar-refractivity contribution in [1.82, 2.24) is 20.2 Å². The van der Waals surface area contributed by atoms with Gasteiger partial charge in [-0.2, -0.15) is 0 Å². The van der Waals surface area contributed by atoms with Crippen LogP contribution < -0.4 is 15.8 Å². The largest absolute Gasteiger partial charge is 0.350 e. The molecule has 6 nitrogen and oxygen atoms in total. The van der Waals surface area contributed by atoms with Gasteiger partial charge in [0.05, 0.1) is 0 Å². The summed E-state index contributed by atoms with van der Waals surface area (Å²) < 4.78 is 0. The van der Waals surface area contributed by atoms with Crippen molar-refractivity contribution in [3.8, 4) is 0 Å². The highest BCUT2D eigenvalue weighted by atomic mass is 16.1. The summed E-state index contributed by atoms with van der Waals surface area (Å²) in [6, 6.07) is 11.7. The molecule has 2 atom stereocenters. The van der Waals surface area contributed by atoms with Crippen LogP contribution in [0.2, 0.25) is 0 Å². The van der Waals surface area contributed by atoms with Gasteiger partial charge in [-0.15, -0.1) is 0 Å². The molecule has 3 heterocycles. The molecule has 2 aromatic rings. The first kappa shape index (κ1) is 18.2. The number of aromatic amines is 1. The molecule has 2 N–H and O–H groups in total. The molecular weight excluding hydrogens is 338 g/mol. The van der Waals surface area contributed by atoms with Crippen LogP contribution in [0, 0.1) is 0 Å². The van der Waals surface area contributed by atoms with E-state index in [-0.39, 0.29) is 5.56 Å². The van der Waals surface area contributed by atoms with E-state index in [9.17, 15) is 4.79 Å². The minimum absolute atomic E-state index is 0.0927. The molecule has 0 amide bonds. The van der Waals surface area contributed by atoms with Crippen molar-refractivity contribution in [3.63, 3.8) is 0 Å². The molecule has 0 radical (unpaired) electrons. The van der Waals surface area contributed by atoms with Crippen LogP contribution in [-0.2, 0) is 6.54 Å². The summed E-state index contributed by atoms with van der Waals surface area (Å²) >= 11 is 0. The fourth-order valence-electron chi connectivity index (χ4n) is 4.38. The zero-order valence-electron chi connectivity index (χ0n) is 15.8. The van der Waals surface area contributed by atoms with Gasteiger partial charge in [0.25, 0.3) is 5.56 Å². The third kappa shape index (κ3) is 4.76. The van der Waals surface area contributed by atoms with E-state index < -0.39 is 0 Å². The number of benzene rings is 1. The number of nitrogens with one attached hydrogen (secondary N) is 2. The zero-order chi connectivity index (χ0) is 18.5. The SMILES string of the molecule is O=c1[nH]ccnc1N1CCCC(NC2CCCN(Cc3ccccc3)C2)C1. The highest BCUT2D eigenvalue weighted by Crippen LogP contribution is 2.18. The van der Waals surface area contributed by atoms with Crippen LogP contribution in [0.3, 0.4) is 0 Å². The number of H-pyrrole nitrogens is 1. The average Bonchev–Trinajstić information content (AvgIpc) is 2.70. The van der Waals surface area contributed by atoms with E-state index in [2.05, 4.69) is 55.4 Å². The minimum atomic E-state index is -0.0927. The lowest BCUT2D eigenvalue weighted by Gasteiger charge is -2.39. The topological polar surface area (TPSA) is 64.3 Å². The number of hydrogen-bond donors (Lipinski definition) is 2. The Labute approximate surface area is 160 Å². The fraction of sp³-hybridized carbons (Fsp3) is 0.524. The van der Waals surface area contributed by atoms with Crippen molar-refractivity contribution in [3.05, 3.63) is 58.6 Å². The van der Waals surface area contributed by atoms with Crippen LogP contribution in [0.15, 0.2) is 47.5 Å². The molecule has 2 aliphatic heterocycles. The summed E-state index contributed by atoms with van der Waals surface area (Å²) in [5.74, 6) is 0.554. The molecule has 2 aliphatic rings. The van der Waals surface area contributed by atoms with Crippen LogP contribution in [0.4, 0.5) is 5.82 Å². The van der Waals surface area contributed by atoms with Gasteiger partial charge < -0.3 is 15.2 Å². The summed E-state index contributed by atoms with van der Waals surface area (Å²) in [5.41, 5.74) is 1.29. The van der Waals surface area contributed by atoms with E-state index in [0.717, 1.165) is 39.0 Å². The van der Waals surface area contributed by atoms with Gasteiger partial charge in [0.15, 0.2) is 5.82 Å². The van der Waals surface area contributed by atoms with Gasteiger partial charge in [0.1, 0.15) is 0 Å². The van der Waals surface area contributed by atoms with Gasteiger partial charge in [-0.1, -0.05) is 30.3 Å². The van der Waals surface area contributed by atoms with Gasteiger partial charge >= 0.3 is 0 Å². The first-order valence-electron chi connectivity index (χ1n) is 10.1. The Morgan fingerprint density at radius 3 is 2.67 bits per heavy atom. The molecule has 0 aliphatic carbocycles. The molecule has 1 aromatic heterocycles. The van der Waals surface area contributed by atoms with Crippen LogP contribution in [0.5, 0.6) is 0 Å². The number of rotatable bonds is 5. The van der Waals surface area contributed by atoms with E-state index >= 15 is 0 Å². The molecule has 0 bridgehead atoms. The number of nitrogens with zero attached hydrogens (tertiary/aromatic N) is 3. The highest BCUT2D eigenvalue weighted by molar-refractivity contribution is 5.36. The van der Waals surface area contributed by atoms with Crippen molar-refractivity contribution < 1.29 is 0 Å². The molecule has 2 unspecified atom stereocenters. The lowest BCUT2D eigenvalue weighted by atomic mass is 10.0. The highest BCUT2D eigenvalue weighted by Gasteiger charge is 2.27. The Morgan fingerprint density at radius 1 is 1.07 bits per heavy atom. The number of anilines is 1. The number of aromatic nitrogens is 2. The summed E-state index contributed by atoms with van der Waals surface area (Å²) in [6.07, 6.45) is 7.97. The van der Waals surface area contributed by atoms with Crippen LogP contribution in [0.25, 0.3) is 0 Å². The molecule has 6 heteroatoms. The molecule has 144 valence electrons. The molecular formula is C21H29N5O. The van der Waals surface area contributed by atoms with Crippen molar-refractivity contribution in [1.29, 1.82) is 0 Å². The number of hydrogen-bond acceptors (Lipinski definition) is 5. The maximum absolute atomic E-state index is 12.0. The van der Waals surface area contributed by atoms with Crippen molar-refractivity contribution in [2.75, 3.05) is 31.1 Å². The maximum Gasteiger partial charge on any atom is 0.290 e. The molecule has 2 saturated heterocycles. The Balaban J connectivity index is 1.33. The molecule has 27 heavy (non-hydrogen) atoms. The fourth-order valence-corrected chi connectivity index (χ4v) is 4.38. The molecule has 1 aromatic carbocycles. The second-order valence-electron chi connectivity index (χ2n) is 7.75. The first-order valence-corrected chi connectivity index (χ1v) is 10.1. The second-order valence-corrected chi connectivity index (χ2v) is 7.75. The minimum Gasteiger partial charge on any atom is -0.350 e. The summed E-state index contributed by atoms with van der Waals surface area (Å²) in [4.78, 5) is 23.8. The van der Waals surface area contributed by atoms with Gasteiger partial charge in [-0.05, 0) is 37.8 Å². The Morgan fingerprint density at radius 2 is 1.85 bits per heavy atom. The average molecular weight is 367 g/mol. The van der Waals surface area contributed by atoms with Crippen molar-refractivity contribution in [2.45, 2.75) is 44.3 Å². The van der Waals surface area contributed by atoms with Crippen LogP contribution in [0.1, 0.15) is 31.2 Å². The summed E-state index contributed by atoms with van der Waals surface area (Å²) in [6.45, 7) is 5.06. The quantitative estimate of drug-likeness (QED) is 0.846. The molecule has 2 fully saturated rings. The van der Waals surface area contributed by atoms with Crippen LogP contribution >= 0.6 is 0 Å². The van der Waals surface area contributed by atoms with E-state index in [1.807, 2.05) is 0 Å². The monoisotopic (exact) mass is 367 g/mol. The van der Waals surface area contributed by atoms with Gasteiger partial charge in [0, 0.05) is 50.7 Å². The van der Waals surface area contributed by atoms with E-state index in [1.54, 1.807) is 12.4 Å². The van der Waals surface area contributed by atoms with Crippen molar-refractivity contribution in [2.24, 2.45) is 0 Å². The predicted molar refractivity (Wildman–Crippen MR) is 108 cm³/mol. The van der Waals surface area contributed by atoms with E-state index in [0.29, 0.717) is 17.9 Å². The van der Waals surface area contributed by atoms with Gasteiger partial charge in [-0.3, -0.25) is 9.69 Å². The second kappa shape index (κ2) is 8.67. The van der Waals surface area contributed by atoms with Crippen LogP contribution in [-0.4, -0.2) is 53.1 Å². The number of piperidine rings is 2. The Hall–Kier alpha value is -2.18. The summed E-state index contributed by atoms with van der Waals surface area (Å²) in [5, 5.41) is 3.87. The predicted octanol–water partition coefficient (Wildman–Crippen LogP) is 1.99. The maximum atomic E-state index is 12.0. The lowest BCUT2D eigenvalue weighted by Crippen LogP contribution is -2.54. The Bertz CT molecular complexity index is 777. The van der Waals surface area contributed by atoms with Gasteiger partial charge in [-0.25, -0.2) is 4.98 Å². The molecule has 0 saturated carbocycles. The lowest BCUT2D eigenvalue weighted by molar-refractivity contribution is 0.172.